The number of ether oxygens (including phenoxy) is 1. The number of nitrogens with zero attached hydrogens (tertiary/aromatic N) is 7. The highest BCUT2D eigenvalue weighted by molar-refractivity contribution is 5.69. The van der Waals surface area contributed by atoms with E-state index in [1.807, 2.05) is 34.7 Å². The van der Waals surface area contributed by atoms with Gasteiger partial charge in [0.15, 0.2) is 5.69 Å². The highest BCUT2D eigenvalue weighted by Gasteiger charge is 2.31. The molecule has 0 bridgehead atoms. The summed E-state index contributed by atoms with van der Waals surface area (Å²) in [5, 5.41) is 13.5. The summed E-state index contributed by atoms with van der Waals surface area (Å²) < 4.78 is 7.15. The van der Waals surface area contributed by atoms with Crippen molar-refractivity contribution in [1.29, 1.82) is 5.26 Å². The van der Waals surface area contributed by atoms with E-state index in [-0.39, 0.29) is 17.8 Å². The Morgan fingerprint density at radius 1 is 1.32 bits per heavy atom. The number of amides is 1. The molecule has 9 heteroatoms. The Morgan fingerprint density at radius 3 is 2.64 bits per heavy atom. The Hall–Kier alpha value is -3.15. The topological polar surface area (TPSA) is 100 Å². The zero-order valence-corrected chi connectivity index (χ0v) is 16.9. The quantitative estimate of drug-likeness (QED) is 0.783. The van der Waals surface area contributed by atoms with E-state index in [2.05, 4.69) is 26.0 Å². The lowest BCUT2D eigenvalue weighted by Crippen LogP contribution is -2.55. The third kappa shape index (κ3) is 4.22. The van der Waals surface area contributed by atoms with Gasteiger partial charge in [-0.3, -0.25) is 4.68 Å². The summed E-state index contributed by atoms with van der Waals surface area (Å²) in [5.74, 6) is 0.675. The lowest BCUT2D eigenvalue weighted by molar-refractivity contribution is 0.0158. The minimum absolute atomic E-state index is 0.0390. The van der Waals surface area contributed by atoms with E-state index >= 15 is 0 Å². The smallest absolute Gasteiger partial charge is 0.410 e. The summed E-state index contributed by atoms with van der Waals surface area (Å²) in [6.45, 7) is 9.30. The van der Waals surface area contributed by atoms with Crippen LogP contribution in [0.15, 0.2) is 18.6 Å². The largest absolute Gasteiger partial charge is 0.444 e. The highest BCUT2D eigenvalue weighted by Crippen LogP contribution is 2.24. The van der Waals surface area contributed by atoms with E-state index < -0.39 is 5.60 Å². The molecule has 0 radical (unpaired) electrons. The number of nitriles is 1. The minimum atomic E-state index is -0.523. The van der Waals surface area contributed by atoms with Gasteiger partial charge in [-0.15, -0.1) is 0 Å². The Bertz CT molecular complexity index is 910. The zero-order chi connectivity index (χ0) is 20.5. The number of aryl methyl sites for hydroxylation is 1. The number of piperazine rings is 1. The number of carbonyl (C=O) groups excluding carboxylic acids is 1. The van der Waals surface area contributed by atoms with Crippen LogP contribution in [-0.4, -0.2) is 62.0 Å². The third-order valence-electron chi connectivity index (χ3n) is 4.42. The molecule has 2 aromatic heterocycles. The molecule has 2 aromatic rings. The molecule has 0 unspecified atom stereocenters. The molecule has 1 amide bonds. The molecule has 1 saturated heterocycles. The van der Waals surface area contributed by atoms with Crippen molar-refractivity contribution in [2.75, 3.05) is 24.5 Å². The number of hydrogen-bond donors (Lipinski definition) is 0. The number of anilines is 1. The van der Waals surface area contributed by atoms with Crippen LogP contribution in [0, 0.1) is 11.3 Å². The summed E-state index contributed by atoms with van der Waals surface area (Å²) >= 11 is 0. The van der Waals surface area contributed by atoms with Crippen molar-refractivity contribution in [3.05, 3.63) is 24.3 Å². The Balaban J connectivity index is 1.79. The molecule has 1 aliphatic heterocycles. The van der Waals surface area contributed by atoms with Gasteiger partial charge in [-0.2, -0.15) is 10.4 Å². The molecule has 0 aromatic carbocycles. The maximum absolute atomic E-state index is 12.4. The van der Waals surface area contributed by atoms with Gasteiger partial charge in [0.25, 0.3) is 0 Å². The van der Waals surface area contributed by atoms with Crippen LogP contribution < -0.4 is 4.90 Å². The molecular formula is C19H25N7O2. The predicted molar refractivity (Wildman–Crippen MR) is 104 cm³/mol. The highest BCUT2D eigenvalue weighted by atomic mass is 16.6. The normalized spacial score (nSPS) is 17.4. The van der Waals surface area contributed by atoms with Crippen LogP contribution in [-0.2, 0) is 11.8 Å². The molecule has 0 aliphatic carbocycles. The molecular weight excluding hydrogens is 358 g/mol. The monoisotopic (exact) mass is 383 g/mol. The maximum atomic E-state index is 12.4. The minimum Gasteiger partial charge on any atom is -0.444 e. The second kappa shape index (κ2) is 7.46. The van der Waals surface area contributed by atoms with Gasteiger partial charge >= 0.3 is 6.09 Å². The first-order chi connectivity index (χ1) is 13.2. The first-order valence-electron chi connectivity index (χ1n) is 9.18. The fraction of sp³-hybridized carbons (Fsp3) is 0.526. The first-order valence-corrected chi connectivity index (χ1v) is 9.18. The van der Waals surface area contributed by atoms with E-state index in [0.717, 1.165) is 5.56 Å². The molecule has 1 aliphatic rings. The Kier molecular flexibility index (Phi) is 5.23. The molecule has 1 atom stereocenters. The lowest BCUT2D eigenvalue weighted by atomic mass is 10.2. The zero-order valence-electron chi connectivity index (χ0n) is 16.9. The first kappa shape index (κ1) is 19.6. The van der Waals surface area contributed by atoms with Crippen LogP contribution in [0.5, 0.6) is 0 Å². The number of carbonyl (C=O) groups is 1. The molecule has 28 heavy (non-hydrogen) atoms. The van der Waals surface area contributed by atoms with Crippen LogP contribution in [0.25, 0.3) is 11.3 Å². The van der Waals surface area contributed by atoms with Gasteiger partial charge in [0.1, 0.15) is 23.2 Å². The predicted octanol–water partition coefficient (Wildman–Crippen LogP) is 2.19. The number of rotatable bonds is 2. The fourth-order valence-corrected chi connectivity index (χ4v) is 3.12. The van der Waals surface area contributed by atoms with Gasteiger partial charge in [0, 0.05) is 44.5 Å². The molecule has 0 saturated carbocycles. The van der Waals surface area contributed by atoms with Crippen LogP contribution >= 0.6 is 0 Å². The van der Waals surface area contributed by atoms with Gasteiger partial charge in [0.05, 0.1) is 12.4 Å². The molecule has 0 N–H and O–H groups in total. The van der Waals surface area contributed by atoms with Crippen molar-refractivity contribution in [2.24, 2.45) is 7.05 Å². The SMILES string of the molecule is C[C@@H]1CN(c2cnc(C#N)c(-c3cnn(C)c3)n2)CCN1C(=O)OC(C)(C)C. The van der Waals surface area contributed by atoms with Crippen LogP contribution in [0.1, 0.15) is 33.4 Å². The molecule has 3 rings (SSSR count). The molecule has 1 fully saturated rings. The van der Waals surface area contributed by atoms with Crippen molar-refractivity contribution in [2.45, 2.75) is 39.3 Å². The second-order valence-electron chi connectivity index (χ2n) is 7.91. The van der Waals surface area contributed by atoms with Crippen LogP contribution in [0.4, 0.5) is 10.6 Å². The van der Waals surface area contributed by atoms with E-state index in [9.17, 15) is 10.1 Å². The van der Waals surface area contributed by atoms with Crippen molar-refractivity contribution < 1.29 is 9.53 Å². The lowest BCUT2D eigenvalue weighted by Gasteiger charge is -2.40. The Labute approximate surface area is 164 Å². The average molecular weight is 383 g/mol. The summed E-state index contributed by atoms with van der Waals surface area (Å²) in [5.41, 5.74) is 0.992. The maximum Gasteiger partial charge on any atom is 0.410 e. The van der Waals surface area contributed by atoms with E-state index in [1.165, 1.54) is 0 Å². The standard InChI is InChI=1S/C19H25N7O2/c1-13-11-25(6-7-26(13)18(27)28-19(2,3)4)16-10-21-15(8-20)17(23-16)14-9-22-24(5)12-14/h9-10,12-13H,6-7,11H2,1-5H3/t13-/m1/s1. The summed E-state index contributed by atoms with van der Waals surface area (Å²) in [6.07, 6.45) is 4.77. The summed E-state index contributed by atoms with van der Waals surface area (Å²) in [6, 6.07) is 2.05. The van der Waals surface area contributed by atoms with E-state index in [1.54, 1.807) is 28.2 Å². The number of hydrogen-bond acceptors (Lipinski definition) is 7. The summed E-state index contributed by atoms with van der Waals surface area (Å²) in [7, 11) is 1.81. The van der Waals surface area contributed by atoms with Gasteiger partial charge in [0.2, 0.25) is 0 Å². The second-order valence-corrected chi connectivity index (χ2v) is 7.91. The van der Waals surface area contributed by atoms with Gasteiger partial charge < -0.3 is 14.5 Å². The van der Waals surface area contributed by atoms with Gasteiger partial charge in [-0.25, -0.2) is 14.8 Å². The van der Waals surface area contributed by atoms with Crippen molar-refractivity contribution in [1.82, 2.24) is 24.6 Å². The van der Waals surface area contributed by atoms with Crippen molar-refractivity contribution >= 4 is 11.9 Å². The molecule has 9 nitrogen and oxygen atoms in total. The van der Waals surface area contributed by atoms with Crippen LogP contribution in [0.2, 0.25) is 0 Å². The van der Waals surface area contributed by atoms with Gasteiger partial charge in [-0.1, -0.05) is 0 Å². The summed E-state index contributed by atoms with van der Waals surface area (Å²) in [4.78, 5) is 25.2. The van der Waals surface area contributed by atoms with Crippen molar-refractivity contribution in [3.8, 4) is 17.3 Å². The number of aromatic nitrogens is 4. The molecule has 3 heterocycles. The van der Waals surface area contributed by atoms with E-state index in [0.29, 0.717) is 31.1 Å². The van der Waals surface area contributed by atoms with Crippen LogP contribution in [0.3, 0.4) is 0 Å². The van der Waals surface area contributed by atoms with Gasteiger partial charge in [-0.05, 0) is 27.7 Å². The third-order valence-corrected chi connectivity index (χ3v) is 4.42. The van der Waals surface area contributed by atoms with Crippen molar-refractivity contribution in [3.63, 3.8) is 0 Å². The fourth-order valence-electron chi connectivity index (χ4n) is 3.12. The Morgan fingerprint density at radius 2 is 2.07 bits per heavy atom. The average Bonchev–Trinajstić information content (AvgIpc) is 3.05. The molecule has 0 spiro atoms. The molecule has 148 valence electrons. The van der Waals surface area contributed by atoms with E-state index in [4.69, 9.17) is 4.74 Å².